The fraction of sp³-hybridized carbons (Fsp3) is 0.375. The zero-order valence-electron chi connectivity index (χ0n) is 7.36. The second kappa shape index (κ2) is 5.22. The summed E-state index contributed by atoms with van der Waals surface area (Å²) >= 11 is 11.3. The van der Waals surface area contributed by atoms with Gasteiger partial charge in [0.05, 0.1) is 10.7 Å². The zero-order chi connectivity index (χ0) is 9.72. The van der Waals surface area contributed by atoms with Gasteiger partial charge in [0.1, 0.15) is 0 Å². The average molecular weight is 207 g/mol. The van der Waals surface area contributed by atoms with E-state index in [2.05, 4.69) is 4.98 Å². The van der Waals surface area contributed by atoms with Crippen LogP contribution in [-0.2, 0) is 0 Å². The molecule has 0 radical (unpaired) electrons. The average Bonchev–Trinajstić information content (AvgIpc) is 2.04. The standard InChI is InChI=1S/C6H6Cl2N2.C2H6/c1-3-2-4(7)5(9)6(8)10-3;1-2/h2H,9H2,1H3;1-2H3. The molecule has 4 heteroatoms. The number of nitrogens with zero attached hydrogens (tertiary/aromatic N) is 1. The van der Waals surface area contributed by atoms with Crippen LogP contribution in [0.15, 0.2) is 6.07 Å². The molecule has 0 atom stereocenters. The predicted octanol–water partition coefficient (Wildman–Crippen LogP) is 3.31. The van der Waals surface area contributed by atoms with Crippen molar-refractivity contribution in [2.24, 2.45) is 0 Å². The van der Waals surface area contributed by atoms with Crippen molar-refractivity contribution in [3.05, 3.63) is 21.9 Å². The summed E-state index contributed by atoms with van der Waals surface area (Å²) in [4.78, 5) is 3.89. The highest BCUT2D eigenvalue weighted by Crippen LogP contribution is 2.25. The SMILES string of the molecule is CC.Cc1cc(Cl)c(N)c(Cl)n1. The first-order valence-corrected chi connectivity index (χ1v) is 4.45. The fourth-order valence-corrected chi connectivity index (χ4v) is 1.14. The van der Waals surface area contributed by atoms with Crippen molar-refractivity contribution in [3.63, 3.8) is 0 Å². The van der Waals surface area contributed by atoms with E-state index in [9.17, 15) is 0 Å². The minimum Gasteiger partial charge on any atom is -0.395 e. The second-order valence-corrected chi connectivity index (χ2v) is 2.72. The van der Waals surface area contributed by atoms with Crippen molar-refractivity contribution in [2.45, 2.75) is 20.8 Å². The number of nitrogens with two attached hydrogens (primary N) is 1. The lowest BCUT2D eigenvalue weighted by atomic mass is 10.3. The molecule has 0 aliphatic carbocycles. The minimum absolute atomic E-state index is 0.269. The number of halogens is 2. The molecular formula is C8H12Cl2N2. The van der Waals surface area contributed by atoms with Crippen molar-refractivity contribution in [1.29, 1.82) is 0 Å². The van der Waals surface area contributed by atoms with E-state index in [1.54, 1.807) is 13.0 Å². The first-order valence-electron chi connectivity index (χ1n) is 3.69. The molecule has 2 N–H and O–H groups in total. The van der Waals surface area contributed by atoms with Crippen LogP contribution >= 0.6 is 23.2 Å². The smallest absolute Gasteiger partial charge is 0.153 e. The Bertz CT molecular complexity index is 238. The maximum Gasteiger partial charge on any atom is 0.153 e. The van der Waals surface area contributed by atoms with Crippen LogP contribution in [0.5, 0.6) is 0 Å². The predicted molar refractivity (Wildman–Crippen MR) is 54.8 cm³/mol. The highest BCUT2D eigenvalue weighted by molar-refractivity contribution is 6.38. The molecule has 0 aromatic carbocycles. The molecule has 0 spiro atoms. The molecule has 1 rings (SSSR count). The monoisotopic (exact) mass is 206 g/mol. The number of aromatic nitrogens is 1. The van der Waals surface area contributed by atoms with Gasteiger partial charge in [0.15, 0.2) is 5.15 Å². The quantitative estimate of drug-likeness (QED) is 0.663. The van der Waals surface area contributed by atoms with Crippen LogP contribution in [0.4, 0.5) is 5.69 Å². The van der Waals surface area contributed by atoms with E-state index in [4.69, 9.17) is 28.9 Å². The van der Waals surface area contributed by atoms with E-state index in [0.717, 1.165) is 5.69 Å². The summed E-state index contributed by atoms with van der Waals surface area (Å²) in [6, 6.07) is 1.67. The van der Waals surface area contributed by atoms with E-state index in [1.165, 1.54) is 0 Å². The van der Waals surface area contributed by atoms with Crippen LogP contribution in [0.2, 0.25) is 10.2 Å². The first-order chi connectivity index (χ1) is 5.61. The largest absolute Gasteiger partial charge is 0.395 e. The third kappa shape index (κ3) is 2.88. The maximum atomic E-state index is 5.67. The molecule has 2 nitrogen and oxygen atoms in total. The van der Waals surface area contributed by atoms with Crippen molar-refractivity contribution in [2.75, 3.05) is 5.73 Å². The Hall–Kier alpha value is -0.470. The molecule has 1 aromatic rings. The topological polar surface area (TPSA) is 38.9 Å². The lowest BCUT2D eigenvalue weighted by molar-refractivity contribution is 1.20. The van der Waals surface area contributed by atoms with Crippen molar-refractivity contribution in [1.82, 2.24) is 4.98 Å². The highest BCUT2D eigenvalue weighted by Gasteiger charge is 2.02. The number of rotatable bonds is 0. The summed E-state index contributed by atoms with van der Waals surface area (Å²) in [6.45, 7) is 5.80. The third-order valence-electron chi connectivity index (χ3n) is 1.09. The van der Waals surface area contributed by atoms with Gasteiger partial charge >= 0.3 is 0 Å². The zero-order valence-corrected chi connectivity index (χ0v) is 8.87. The summed E-state index contributed by atoms with van der Waals surface area (Å²) in [6.07, 6.45) is 0. The van der Waals surface area contributed by atoms with Crippen LogP contribution < -0.4 is 5.73 Å². The number of aryl methyl sites for hydroxylation is 1. The van der Waals surface area contributed by atoms with Crippen LogP contribution in [0, 0.1) is 6.92 Å². The van der Waals surface area contributed by atoms with Gasteiger partial charge in [-0.2, -0.15) is 0 Å². The Morgan fingerprint density at radius 2 is 1.83 bits per heavy atom. The van der Waals surface area contributed by atoms with E-state index in [1.807, 2.05) is 13.8 Å². The van der Waals surface area contributed by atoms with E-state index < -0.39 is 0 Å². The molecule has 0 saturated heterocycles. The Kier molecular flexibility index (Phi) is 5.02. The van der Waals surface area contributed by atoms with Crippen LogP contribution in [-0.4, -0.2) is 4.98 Å². The number of pyridine rings is 1. The van der Waals surface area contributed by atoms with Gasteiger partial charge in [0.2, 0.25) is 0 Å². The lowest BCUT2D eigenvalue weighted by Crippen LogP contribution is -1.92. The lowest BCUT2D eigenvalue weighted by Gasteiger charge is -1.99. The number of nitrogen functional groups attached to an aromatic ring is 1. The third-order valence-corrected chi connectivity index (χ3v) is 1.69. The molecule has 0 unspecified atom stereocenters. The summed E-state index contributed by atoms with van der Waals surface area (Å²) in [5, 5.41) is 0.725. The van der Waals surface area contributed by atoms with Gasteiger partial charge in [0, 0.05) is 5.69 Å². The van der Waals surface area contributed by atoms with E-state index in [0.29, 0.717) is 10.7 Å². The molecule has 12 heavy (non-hydrogen) atoms. The summed E-state index contributed by atoms with van der Waals surface area (Å²) in [5.41, 5.74) is 6.53. The Morgan fingerprint density at radius 3 is 2.25 bits per heavy atom. The first kappa shape index (κ1) is 11.5. The van der Waals surface area contributed by atoms with Crippen LogP contribution in [0.3, 0.4) is 0 Å². The van der Waals surface area contributed by atoms with E-state index in [-0.39, 0.29) is 5.15 Å². The number of hydrogen-bond acceptors (Lipinski definition) is 2. The van der Waals surface area contributed by atoms with Crippen LogP contribution in [0.25, 0.3) is 0 Å². The molecule has 1 aromatic heterocycles. The van der Waals surface area contributed by atoms with Gasteiger partial charge in [-0.15, -0.1) is 0 Å². The molecule has 0 fully saturated rings. The highest BCUT2D eigenvalue weighted by atomic mass is 35.5. The van der Waals surface area contributed by atoms with Gasteiger partial charge in [-0.3, -0.25) is 0 Å². The van der Waals surface area contributed by atoms with Gasteiger partial charge in [0.25, 0.3) is 0 Å². The molecule has 0 aliphatic heterocycles. The fourth-order valence-electron chi connectivity index (χ4n) is 0.607. The Morgan fingerprint density at radius 1 is 1.33 bits per heavy atom. The van der Waals surface area contributed by atoms with Gasteiger partial charge in [-0.1, -0.05) is 37.0 Å². The maximum absolute atomic E-state index is 5.67. The molecule has 68 valence electrons. The number of anilines is 1. The second-order valence-electron chi connectivity index (χ2n) is 1.95. The van der Waals surface area contributed by atoms with Gasteiger partial charge in [-0.05, 0) is 13.0 Å². The van der Waals surface area contributed by atoms with Gasteiger partial charge < -0.3 is 5.73 Å². The summed E-state index contributed by atoms with van der Waals surface area (Å²) in [7, 11) is 0. The Balaban J connectivity index is 0.000000561. The molecule has 1 heterocycles. The molecule has 0 bridgehead atoms. The van der Waals surface area contributed by atoms with Crippen molar-refractivity contribution < 1.29 is 0 Å². The summed E-state index contributed by atoms with van der Waals surface area (Å²) < 4.78 is 0. The van der Waals surface area contributed by atoms with Crippen LogP contribution in [0.1, 0.15) is 19.5 Å². The minimum atomic E-state index is 0.269. The normalized spacial score (nSPS) is 8.75. The van der Waals surface area contributed by atoms with Crippen molar-refractivity contribution >= 4 is 28.9 Å². The molecule has 0 saturated carbocycles. The molecular weight excluding hydrogens is 195 g/mol. The molecule has 0 amide bonds. The van der Waals surface area contributed by atoms with Gasteiger partial charge in [-0.25, -0.2) is 4.98 Å². The number of hydrogen-bond donors (Lipinski definition) is 1. The molecule has 0 aliphatic rings. The Labute approximate surface area is 82.7 Å². The summed E-state index contributed by atoms with van der Waals surface area (Å²) in [5.74, 6) is 0. The van der Waals surface area contributed by atoms with E-state index >= 15 is 0 Å². The van der Waals surface area contributed by atoms with Crippen molar-refractivity contribution in [3.8, 4) is 0 Å².